The molecule has 1 heterocycles. The number of hydrogen-bond acceptors (Lipinski definition) is 5. The Hall–Kier alpha value is -0.520. The minimum absolute atomic E-state index is 0.275. The minimum atomic E-state index is -0.483. The standard InChI is InChI=1S/C5H9N3OS/c6-2-5(9)1-4-3-7-10-8-4/h3,5,9H,1-2,6H2. The number of aliphatic hydroxyl groups is 1. The smallest absolute Gasteiger partial charge is 0.0769 e. The Kier molecular flexibility index (Phi) is 2.73. The first-order valence-corrected chi connectivity index (χ1v) is 3.70. The van der Waals surface area contributed by atoms with E-state index in [1.165, 1.54) is 0 Å². The molecule has 56 valence electrons. The fourth-order valence-corrected chi connectivity index (χ4v) is 1.04. The van der Waals surface area contributed by atoms with Crippen LogP contribution in [-0.2, 0) is 6.42 Å². The molecule has 3 N–H and O–H groups in total. The summed E-state index contributed by atoms with van der Waals surface area (Å²) in [4.78, 5) is 0. The van der Waals surface area contributed by atoms with Gasteiger partial charge in [-0.15, -0.1) is 0 Å². The van der Waals surface area contributed by atoms with Crippen molar-refractivity contribution in [2.75, 3.05) is 6.54 Å². The van der Waals surface area contributed by atoms with Crippen LogP contribution < -0.4 is 5.73 Å². The largest absolute Gasteiger partial charge is 0.391 e. The predicted molar refractivity (Wildman–Crippen MR) is 38.7 cm³/mol. The molecule has 4 nitrogen and oxygen atoms in total. The molecule has 1 rings (SSSR count). The predicted octanol–water partition coefficient (Wildman–Crippen LogP) is -0.600. The first-order chi connectivity index (χ1) is 4.83. The van der Waals surface area contributed by atoms with E-state index in [4.69, 9.17) is 10.8 Å². The highest BCUT2D eigenvalue weighted by molar-refractivity contribution is 6.99. The molecule has 0 saturated carbocycles. The van der Waals surface area contributed by atoms with Crippen LogP contribution in [0, 0.1) is 0 Å². The van der Waals surface area contributed by atoms with Crippen LogP contribution in [0.15, 0.2) is 6.20 Å². The third kappa shape index (κ3) is 2.02. The van der Waals surface area contributed by atoms with E-state index in [9.17, 15) is 0 Å². The average molecular weight is 159 g/mol. The molecule has 0 amide bonds. The summed E-state index contributed by atoms with van der Waals surface area (Å²) in [5.74, 6) is 0. The highest BCUT2D eigenvalue weighted by Crippen LogP contribution is 1.98. The molecular weight excluding hydrogens is 150 g/mol. The summed E-state index contributed by atoms with van der Waals surface area (Å²) in [6, 6.07) is 0. The number of aliphatic hydroxyl groups excluding tert-OH is 1. The van der Waals surface area contributed by atoms with E-state index in [0.29, 0.717) is 6.42 Å². The molecule has 0 aliphatic heterocycles. The molecule has 5 heteroatoms. The van der Waals surface area contributed by atoms with Crippen molar-refractivity contribution >= 4 is 11.7 Å². The summed E-state index contributed by atoms with van der Waals surface area (Å²) in [5.41, 5.74) is 6.00. The number of nitrogens with two attached hydrogens (primary N) is 1. The van der Waals surface area contributed by atoms with Gasteiger partial charge in [0.25, 0.3) is 0 Å². The molecule has 1 aromatic rings. The van der Waals surface area contributed by atoms with Crippen molar-refractivity contribution in [3.8, 4) is 0 Å². The van der Waals surface area contributed by atoms with Gasteiger partial charge in [-0.25, -0.2) is 0 Å². The molecule has 0 aromatic carbocycles. The van der Waals surface area contributed by atoms with Crippen LogP contribution >= 0.6 is 11.7 Å². The molecule has 0 spiro atoms. The van der Waals surface area contributed by atoms with Crippen molar-refractivity contribution in [2.24, 2.45) is 5.73 Å². The number of rotatable bonds is 3. The lowest BCUT2D eigenvalue weighted by Gasteiger charge is -2.02. The summed E-state index contributed by atoms with van der Waals surface area (Å²) in [5, 5.41) is 9.04. The third-order valence-corrected chi connectivity index (χ3v) is 1.64. The zero-order valence-corrected chi connectivity index (χ0v) is 6.21. The molecule has 0 saturated heterocycles. The number of aromatic nitrogens is 2. The van der Waals surface area contributed by atoms with Crippen LogP contribution in [0.5, 0.6) is 0 Å². The van der Waals surface area contributed by atoms with Crippen LogP contribution in [0.3, 0.4) is 0 Å². The quantitative estimate of drug-likeness (QED) is 0.617. The number of hydrogen-bond donors (Lipinski definition) is 2. The lowest BCUT2D eigenvalue weighted by molar-refractivity contribution is 0.182. The maximum absolute atomic E-state index is 9.04. The minimum Gasteiger partial charge on any atom is -0.391 e. The van der Waals surface area contributed by atoms with E-state index in [0.717, 1.165) is 17.4 Å². The van der Waals surface area contributed by atoms with Crippen LogP contribution in [0.1, 0.15) is 5.69 Å². The summed E-state index contributed by atoms with van der Waals surface area (Å²) in [7, 11) is 0. The van der Waals surface area contributed by atoms with Gasteiger partial charge in [-0.1, -0.05) is 0 Å². The fraction of sp³-hybridized carbons (Fsp3) is 0.600. The van der Waals surface area contributed by atoms with E-state index in [2.05, 4.69) is 8.75 Å². The molecule has 0 bridgehead atoms. The molecule has 0 radical (unpaired) electrons. The maximum atomic E-state index is 9.04. The van der Waals surface area contributed by atoms with Crippen LogP contribution in [0.2, 0.25) is 0 Å². The third-order valence-electron chi connectivity index (χ3n) is 1.12. The van der Waals surface area contributed by atoms with Gasteiger partial charge in [-0.2, -0.15) is 8.75 Å². The second kappa shape index (κ2) is 3.60. The zero-order chi connectivity index (χ0) is 7.40. The Balaban J connectivity index is 2.40. The van der Waals surface area contributed by atoms with E-state index in [1.54, 1.807) is 6.20 Å². The van der Waals surface area contributed by atoms with Crippen molar-refractivity contribution < 1.29 is 5.11 Å². The Morgan fingerprint density at radius 2 is 2.60 bits per heavy atom. The van der Waals surface area contributed by atoms with Gasteiger partial charge in [0.1, 0.15) is 0 Å². The Morgan fingerprint density at radius 3 is 3.10 bits per heavy atom. The lowest BCUT2D eigenvalue weighted by Crippen LogP contribution is -2.21. The summed E-state index contributed by atoms with van der Waals surface area (Å²) < 4.78 is 7.71. The molecule has 0 aliphatic rings. The topological polar surface area (TPSA) is 72.0 Å². The highest BCUT2D eigenvalue weighted by Gasteiger charge is 2.03. The van der Waals surface area contributed by atoms with Gasteiger partial charge in [0, 0.05) is 13.0 Å². The van der Waals surface area contributed by atoms with Gasteiger partial charge in [0.15, 0.2) is 0 Å². The molecule has 1 atom stereocenters. The average Bonchev–Trinajstić information content (AvgIpc) is 2.40. The summed E-state index contributed by atoms with van der Waals surface area (Å²) >= 11 is 1.14. The fourth-order valence-electron chi connectivity index (χ4n) is 0.599. The van der Waals surface area contributed by atoms with Gasteiger partial charge in [0.05, 0.1) is 29.7 Å². The Morgan fingerprint density at radius 1 is 1.80 bits per heavy atom. The second-order valence-corrected chi connectivity index (χ2v) is 2.55. The molecule has 0 aliphatic carbocycles. The van der Waals surface area contributed by atoms with Gasteiger partial charge in [-0.3, -0.25) is 0 Å². The maximum Gasteiger partial charge on any atom is 0.0769 e. The summed E-state index contributed by atoms with van der Waals surface area (Å²) in [6.45, 7) is 0.275. The van der Waals surface area contributed by atoms with Crippen LogP contribution in [-0.4, -0.2) is 26.5 Å². The molecule has 0 fully saturated rings. The van der Waals surface area contributed by atoms with Crippen LogP contribution in [0.25, 0.3) is 0 Å². The lowest BCUT2D eigenvalue weighted by atomic mass is 10.2. The monoisotopic (exact) mass is 159 g/mol. The van der Waals surface area contributed by atoms with Crippen molar-refractivity contribution in [3.63, 3.8) is 0 Å². The first-order valence-electron chi connectivity index (χ1n) is 2.97. The van der Waals surface area contributed by atoms with Crippen molar-refractivity contribution in [1.29, 1.82) is 0 Å². The van der Waals surface area contributed by atoms with E-state index < -0.39 is 6.10 Å². The van der Waals surface area contributed by atoms with Crippen molar-refractivity contribution in [2.45, 2.75) is 12.5 Å². The van der Waals surface area contributed by atoms with E-state index in [-0.39, 0.29) is 6.54 Å². The summed E-state index contributed by atoms with van der Waals surface area (Å²) in [6.07, 6.45) is 1.67. The van der Waals surface area contributed by atoms with Crippen molar-refractivity contribution in [1.82, 2.24) is 8.75 Å². The van der Waals surface area contributed by atoms with Gasteiger partial charge >= 0.3 is 0 Å². The molecule has 10 heavy (non-hydrogen) atoms. The highest BCUT2D eigenvalue weighted by atomic mass is 32.1. The van der Waals surface area contributed by atoms with Gasteiger partial charge < -0.3 is 10.8 Å². The van der Waals surface area contributed by atoms with Gasteiger partial charge in [-0.05, 0) is 0 Å². The van der Waals surface area contributed by atoms with E-state index >= 15 is 0 Å². The second-order valence-electron chi connectivity index (χ2n) is 1.99. The molecule has 1 unspecified atom stereocenters. The van der Waals surface area contributed by atoms with Gasteiger partial charge in [0.2, 0.25) is 0 Å². The van der Waals surface area contributed by atoms with E-state index in [1.807, 2.05) is 0 Å². The Bertz CT molecular complexity index is 177. The number of nitrogens with zero attached hydrogens (tertiary/aromatic N) is 2. The SMILES string of the molecule is NCC(O)Cc1cnsn1. The van der Waals surface area contributed by atoms with Crippen LogP contribution in [0.4, 0.5) is 0 Å². The molecule has 1 aromatic heterocycles. The Labute approximate surface area is 63.0 Å². The molecular formula is C5H9N3OS. The van der Waals surface area contributed by atoms with Crippen molar-refractivity contribution in [3.05, 3.63) is 11.9 Å². The first kappa shape index (κ1) is 7.59. The zero-order valence-electron chi connectivity index (χ0n) is 5.40. The normalized spacial score (nSPS) is 13.4.